The molecule has 3 rings (SSSR count). The molecule has 1 aliphatic rings. The van der Waals surface area contributed by atoms with Crippen LogP contribution in [0.25, 0.3) is 11.1 Å². The van der Waals surface area contributed by atoms with E-state index < -0.39 is 5.41 Å². The number of nitriles is 1. The first-order chi connectivity index (χ1) is 8.83. The van der Waals surface area contributed by atoms with Crippen molar-refractivity contribution in [2.24, 2.45) is 0 Å². The van der Waals surface area contributed by atoms with E-state index in [0.717, 1.165) is 12.8 Å². The van der Waals surface area contributed by atoms with Crippen LogP contribution in [0.5, 0.6) is 0 Å². The van der Waals surface area contributed by atoms with E-state index in [-0.39, 0.29) is 0 Å². The Labute approximate surface area is 108 Å². The van der Waals surface area contributed by atoms with E-state index >= 15 is 0 Å². The molecule has 0 amide bonds. The molecule has 88 valence electrons. The van der Waals surface area contributed by atoms with Gasteiger partial charge in [0.2, 0.25) is 0 Å². The highest BCUT2D eigenvalue weighted by atomic mass is 14.5. The SMILES string of the molecule is CCCC1(C#N)c2ccccc2-c2ccccc21. The topological polar surface area (TPSA) is 23.8 Å². The van der Waals surface area contributed by atoms with Crippen LogP contribution in [-0.2, 0) is 5.41 Å². The minimum Gasteiger partial charge on any atom is -0.197 e. The Morgan fingerprint density at radius 1 is 0.944 bits per heavy atom. The second kappa shape index (κ2) is 3.99. The molecule has 18 heavy (non-hydrogen) atoms. The lowest BCUT2D eigenvalue weighted by atomic mass is 9.76. The van der Waals surface area contributed by atoms with E-state index in [4.69, 9.17) is 0 Å². The van der Waals surface area contributed by atoms with Gasteiger partial charge in [0.15, 0.2) is 0 Å². The molecule has 0 radical (unpaired) electrons. The van der Waals surface area contributed by atoms with Crippen molar-refractivity contribution in [2.45, 2.75) is 25.2 Å². The molecule has 0 unspecified atom stereocenters. The molecule has 0 atom stereocenters. The molecule has 0 saturated heterocycles. The Hall–Kier alpha value is -2.07. The first-order valence-corrected chi connectivity index (χ1v) is 6.44. The lowest BCUT2D eigenvalue weighted by Crippen LogP contribution is -2.22. The van der Waals surface area contributed by atoms with Gasteiger partial charge in [0.25, 0.3) is 0 Å². The third kappa shape index (κ3) is 1.26. The Balaban J connectivity index is 2.37. The first-order valence-electron chi connectivity index (χ1n) is 6.44. The monoisotopic (exact) mass is 233 g/mol. The average molecular weight is 233 g/mol. The van der Waals surface area contributed by atoms with Gasteiger partial charge in [-0.3, -0.25) is 0 Å². The van der Waals surface area contributed by atoms with Crippen molar-refractivity contribution in [2.75, 3.05) is 0 Å². The summed E-state index contributed by atoms with van der Waals surface area (Å²) in [6, 6.07) is 19.2. The second-order valence-electron chi connectivity index (χ2n) is 4.86. The number of nitrogens with zero attached hydrogens (tertiary/aromatic N) is 1. The van der Waals surface area contributed by atoms with Crippen LogP contribution in [0.4, 0.5) is 0 Å². The predicted octanol–water partition coefficient (Wildman–Crippen LogP) is 4.28. The summed E-state index contributed by atoms with van der Waals surface area (Å²) in [4.78, 5) is 0. The van der Waals surface area contributed by atoms with Crippen molar-refractivity contribution in [1.82, 2.24) is 0 Å². The summed E-state index contributed by atoms with van der Waals surface area (Å²) >= 11 is 0. The van der Waals surface area contributed by atoms with Crippen molar-refractivity contribution >= 4 is 0 Å². The van der Waals surface area contributed by atoms with Gasteiger partial charge in [-0.2, -0.15) is 5.26 Å². The molecule has 0 bridgehead atoms. The number of hydrogen-bond acceptors (Lipinski definition) is 1. The highest BCUT2D eigenvalue weighted by Gasteiger charge is 2.42. The van der Waals surface area contributed by atoms with Crippen LogP contribution in [-0.4, -0.2) is 0 Å². The van der Waals surface area contributed by atoms with Crippen molar-refractivity contribution < 1.29 is 0 Å². The maximum Gasteiger partial charge on any atom is 0.108 e. The largest absolute Gasteiger partial charge is 0.197 e. The highest BCUT2D eigenvalue weighted by molar-refractivity contribution is 5.82. The van der Waals surface area contributed by atoms with E-state index in [2.05, 4.69) is 49.4 Å². The lowest BCUT2D eigenvalue weighted by Gasteiger charge is -2.23. The molecular formula is C17H15N. The van der Waals surface area contributed by atoms with Gasteiger partial charge in [-0.15, -0.1) is 0 Å². The smallest absolute Gasteiger partial charge is 0.108 e. The van der Waals surface area contributed by atoms with Crippen LogP contribution < -0.4 is 0 Å². The summed E-state index contributed by atoms with van der Waals surface area (Å²) in [7, 11) is 0. The predicted molar refractivity (Wildman–Crippen MR) is 73.2 cm³/mol. The van der Waals surface area contributed by atoms with Crippen LogP contribution >= 0.6 is 0 Å². The van der Waals surface area contributed by atoms with Gasteiger partial charge in [0.1, 0.15) is 5.41 Å². The van der Waals surface area contributed by atoms with Gasteiger partial charge in [-0.25, -0.2) is 0 Å². The molecule has 0 saturated carbocycles. The molecule has 1 heteroatoms. The van der Waals surface area contributed by atoms with Gasteiger partial charge >= 0.3 is 0 Å². The van der Waals surface area contributed by atoms with Crippen molar-refractivity contribution in [3.05, 3.63) is 59.7 Å². The fraction of sp³-hybridized carbons (Fsp3) is 0.235. The molecule has 0 aliphatic heterocycles. The summed E-state index contributed by atoms with van der Waals surface area (Å²) in [5.74, 6) is 0. The molecule has 1 nitrogen and oxygen atoms in total. The summed E-state index contributed by atoms with van der Waals surface area (Å²) in [5.41, 5.74) is 4.36. The van der Waals surface area contributed by atoms with Crippen molar-refractivity contribution in [3.8, 4) is 17.2 Å². The molecule has 1 aliphatic carbocycles. The van der Waals surface area contributed by atoms with Gasteiger partial charge in [0, 0.05) is 0 Å². The van der Waals surface area contributed by atoms with Crippen molar-refractivity contribution in [1.29, 1.82) is 5.26 Å². The van der Waals surface area contributed by atoms with Crippen LogP contribution in [0.15, 0.2) is 48.5 Å². The molecule has 2 aromatic carbocycles. The van der Waals surface area contributed by atoms with Crippen LogP contribution in [0.2, 0.25) is 0 Å². The van der Waals surface area contributed by atoms with E-state index in [1.54, 1.807) is 0 Å². The number of benzene rings is 2. The fourth-order valence-electron chi connectivity index (χ4n) is 3.15. The molecule has 0 spiro atoms. The molecule has 0 N–H and O–H groups in total. The quantitative estimate of drug-likeness (QED) is 0.759. The summed E-state index contributed by atoms with van der Waals surface area (Å²) < 4.78 is 0. The van der Waals surface area contributed by atoms with Crippen LogP contribution in [0, 0.1) is 11.3 Å². The summed E-state index contributed by atoms with van der Waals surface area (Å²) in [5, 5.41) is 9.79. The Kier molecular flexibility index (Phi) is 2.45. The number of hydrogen-bond donors (Lipinski definition) is 0. The molecular weight excluding hydrogens is 218 g/mol. The Morgan fingerprint density at radius 3 is 1.89 bits per heavy atom. The van der Waals surface area contributed by atoms with Gasteiger partial charge in [-0.05, 0) is 28.7 Å². The zero-order valence-corrected chi connectivity index (χ0v) is 10.5. The molecule has 0 aromatic heterocycles. The van der Waals surface area contributed by atoms with Gasteiger partial charge < -0.3 is 0 Å². The number of fused-ring (bicyclic) bond motifs is 3. The zero-order valence-electron chi connectivity index (χ0n) is 10.5. The van der Waals surface area contributed by atoms with E-state index in [1.165, 1.54) is 22.3 Å². The maximum absolute atomic E-state index is 9.79. The second-order valence-corrected chi connectivity index (χ2v) is 4.86. The van der Waals surface area contributed by atoms with Crippen molar-refractivity contribution in [3.63, 3.8) is 0 Å². The minimum absolute atomic E-state index is 0.443. The first kappa shape index (κ1) is 11.0. The average Bonchev–Trinajstić information content (AvgIpc) is 2.72. The minimum atomic E-state index is -0.443. The fourth-order valence-corrected chi connectivity index (χ4v) is 3.15. The van der Waals surface area contributed by atoms with E-state index in [9.17, 15) is 5.26 Å². The van der Waals surface area contributed by atoms with Crippen LogP contribution in [0.3, 0.4) is 0 Å². The third-order valence-corrected chi connectivity index (χ3v) is 3.88. The normalized spacial score (nSPS) is 14.7. The lowest BCUT2D eigenvalue weighted by molar-refractivity contribution is 0.595. The van der Waals surface area contributed by atoms with E-state index in [0.29, 0.717) is 0 Å². The number of rotatable bonds is 2. The Bertz CT molecular complexity index is 589. The third-order valence-electron chi connectivity index (χ3n) is 3.88. The zero-order chi connectivity index (χ0) is 12.6. The van der Waals surface area contributed by atoms with Gasteiger partial charge in [-0.1, -0.05) is 61.9 Å². The highest BCUT2D eigenvalue weighted by Crippen LogP contribution is 2.50. The summed E-state index contributed by atoms with van der Waals surface area (Å²) in [6.45, 7) is 2.14. The van der Waals surface area contributed by atoms with Gasteiger partial charge in [0.05, 0.1) is 6.07 Å². The van der Waals surface area contributed by atoms with E-state index in [1.807, 2.05) is 12.1 Å². The molecule has 0 heterocycles. The summed E-state index contributed by atoms with van der Waals surface area (Å²) in [6.07, 6.45) is 1.90. The Morgan fingerprint density at radius 2 is 1.44 bits per heavy atom. The molecule has 0 fully saturated rings. The standard InChI is InChI=1S/C17H15N/c1-2-11-17(12-18)15-9-5-3-7-13(15)14-8-4-6-10-16(14)17/h3-10H,2,11H2,1H3. The molecule has 2 aromatic rings. The van der Waals surface area contributed by atoms with Crippen LogP contribution in [0.1, 0.15) is 30.9 Å². The maximum atomic E-state index is 9.79.